The normalized spacial score (nSPS) is 14.8. The highest BCUT2D eigenvalue weighted by Crippen LogP contribution is 2.28. The summed E-state index contributed by atoms with van der Waals surface area (Å²) in [5.41, 5.74) is 5.01. The fourth-order valence-corrected chi connectivity index (χ4v) is 4.87. The van der Waals surface area contributed by atoms with Gasteiger partial charge in [-0.25, -0.2) is 9.50 Å². The van der Waals surface area contributed by atoms with Gasteiger partial charge in [-0.15, -0.1) is 0 Å². The summed E-state index contributed by atoms with van der Waals surface area (Å²) in [7, 11) is 1.65. The second-order valence-corrected chi connectivity index (χ2v) is 10.7. The van der Waals surface area contributed by atoms with Crippen LogP contribution < -0.4 is 4.74 Å². The van der Waals surface area contributed by atoms with E-state index in [4.69, 9.17) is 14.8 Å². The number of aromatic nitrogens is 3. The summed E-state index contributed by atoms with van der Waals surface area (Å²) in [5, 5.41) is 4.82. The zero-order chi connectivity index (χ0) is 25.3. The van der Waals surface area contributed by atoms with Gasteiger partial charge in [-0.1, -0.05) is 63.2 Å². The number of nitrogens with zero attached hydrogens (tertiary/aromatic N) is 4. The first kappa shape index (κ1) is 24.0. The zero-order valence-corrected chi connectivity index (χ0v) is 21.6. The molecule has 0 bridgehead atoms. The van der Waals surface area contributed by atoms with Crippen molar-refractivity contribution in [3.05, 3.63) is 83.7 Å². The van der Waals surface area contributed by atoms with E-state index in [2.05, 4.69) is 51.1 Å². The Morgan fingerprint density at radius 1 is 1.00 bits per heavy atom. The monoisotopic (exact) mass is 482 g/mol. The van der Waals surface area contributed by atoms with Gasteiger partial charge in [0.15, 0.2) is 5.65 Å². The van der Waals surface area contributed by atoms with Gasteiger partial charge in [-0.3, -0.25) is 4.79 Å². The zero-order valence-electron chi connectivity index (χ0n) is 21.6. The lowest BCUT2D eigenvalue weighted by molar-refractivity contribution is 0.0681. The van der Waals surface area contributed by atoms with Crippen LogP contribution in [-0.2, 0) is 11.8 Å². The van der Waals surface area contributed by atoms with Gasteiger partial charge in [0.2, 0.25) is 0 Å². The second kappa shape index (κ2) is 9.76. The van der Waals surface area contributed by atoms with Crippen molar-refractivity contribution < 1.29 is 9.53 Å². The number of hydrogen-bond donors (Lipinski definition) is 0. The third-order valence-electron chi connectivity index (χ3n) is 7.05. The van der Waals surface area contributed by atoms with Crippen molar-refractivity contribution in [1.29, 1.82) is 0 Å². The topological polar surface area (TPSA) is 59.7 Å². The molecule has 5 rings (SSSR count). The number of methoxy groups -OCH3 is 1. The van der Waals surface area contributed by atoms with Gasteiger partial charge in [0.05, 0.1) is 18.5 Å². The van der Waals surface area contributed by atoms with Gasteiger partial charge in [-0.05, 0) is 48.9 Å². The molecular weight excluding hydrogens is 448 g/mol. The highest BCUT2D eigenvalue weighted by Gasteiger charge is 2.28. The Kier molecular flexibility index (Phi) is 6.52. The number of fused-ring (bicyclic) bond motifs is 1. The summed E-state index contributed by atoms with van der Waals surface area (Å²) >= 11 is 0. The third-order valence-corrected chi connectivity index (χ3v) is 7.05. The number of hydrogen-bond acceptors (Lipinski definition) is 4. The first-order chi connectivity index (χ1) is 17.3. The molecule has 4 aromatic rings. The second-order valence-electron chi connectivity index (χ2n) is 10.7. The molecule has 3 heterocycles. The van der Waals surface area contributed by atoms with E-state index in [1.165, 1.54) is 5.56 Å². The van der Waals surface area contributed by atoms with Crippen LogP contribution in [0.5, 0.6) is 5.75 Å². The average Bonchev–Trinajstić information content (AvgIpc) is 3.34. The largest absolute Gasteiger partial charge is 0.497 e. The number of carbonyl (C=O) groups is 1. The molecule has 6 nitrogen and oxygen atoms in total. The smallest absolute Gasteiger partial charge is 0.272 e. The summed E-state index contributed by atoms with van der Waals surface area (Å²) < 4.78 is 7.14. The van der Waals surface area contributed by atoms with Crippen LogP contribution in [0.3, 0.4) is 0 Å². The molecule has 1 amide bonds. The minimum atomic E-state index is -0.153. The average molecular weight is 483 g/mol. The van der Waals surface area contributed by atoms with Gasteiger partial charge in [0.1, 0.15) is 11.4 Å². The number of amides is 1. The van der Waals surface area contributed by atoms with Crippen LogP contribution in [-0.4, -0.2) is 45.6 Å². The maximum atomic E-state index is 13.9. The Labute approximate surface area is 212 Å². The van der Waals surface area contributed by atoms with Crippen molar-refractivity contribution in [3.63, 3.8) is 0 Å². The van der Waals surface area contributed by atoms with Crippen LogP contribution >= 0.6 is 0 Å². The molecule has 1 aliphatic heterocycles. The van der Waals surface area contributed by atoms with E-state index >= 15 is 0 Å². The van der Waals surface area contributed by atoms with Gasteiger partial charge >= 0.3 is 0 Å². The Hall–Kier alpha value is -3.67. The summed E-state index contributed by atoms with van der Waals surface area (Å²) in [4.78, 5) is 20.7. The summed E-state index contributed by atoms with van der Waals surface area (Å²) in [5.74, 6) is 1.36. The predicted octanol–water partition coefficient (Wildman–Crippen LogP) is 5.80. The number of ether oxygens (including phenoxy) is 1. The van der Waals surface area contributed by atoms with Crippen molar-refractivity contribution in [3.8, 4) is 17.0 Å². The Morgan fingerprint density at radius 3 is 2.44 bits per heavy atom. The molecular formula is C30H34N4O2. The highest BCUT2D eigenvalue weighted by atomic mass is 16.5. The third kappa shape index (κ3) is 4.99. The molecule has 0 spiro atoms. The van der Waals surface area contributed by atoms with Crippen LogP contribution in [0.25, 0.3) is 16.9 Å². The first-order valence-electron chi connectivity index (χ1n) is 12.7. The molecule has 0 aliphatic carbocycles. The SMILES string of the molecule is COc1cccc(-c2cc(C(=O)N3CCC(Cc4ccccc4)CC3)n3nc(C(C)(C)C)cc3n2)c1. The number of piperidine rings is 1. The van der Waals surface area contributed by atoms with Gasteiger partial charge in [-0.2, -0.15) is 5.10 Å². The first-order valence-corrected chi connectivity index (χ1v) is 12.7. The predicted molar refractivity (Wildman–Crippen MR) is 142 cm³/mol. The van der Waals surface area contributed by atoms with Crippen molar-refractivity contribution in [1.82, 2.24) is 19.5 Å². The van der Waals surface area contributed by atoms with Crippen LogP contribution in [0.2, 0.25) is 0 Å². The van der Waals surface area contributed by atoms with Crippen molar-refractivity contribution in [2.75, 3.05) is 20.2 Å². The lowest BCUT2D eigenvalue weighted by Gasteiger charge is -2.32. The quantitative estimate of drug-likeness (QED) is 0.361. The van der Waals surface area contributed by atoms with Crippen molar-refractivity contribution >= 4 is 11.6 Å². The lowest BCUT2D eigenvalue weighted by Crippen LogP contribution is -2.39. The fourth-order valence-electron chi connectivity index (χ4n) is 4.87. The minimum absolute atomic E-state index is 0.00765. The maximum absolute atomic E-state index is 13.9. The van der Waals surface area contributed by atoms with E-state index in [1.807, 2.05) is 41.3 Å². The molecule has 186 valence electrons. The molecule has 0 atom stereocenters. The highest BCUT2D eigenvalue weighted by molar-refractivity contribution is 5.94. The van der Waals surface area contributed by atoms with E-state index in [-0.39, 0.29) is 11.3 Å². The number of benzene rings is 2. The maximum Gasteiger partial charge on any atom is 0.272 e. The summed E-state index contributed by atoms with van der Waals surface area (Å²) in [6, 6.07) is 22.3. The summed E-state index contributed by atoms with van der Waals surface area (Å²) in [6.45, 7) is 7.87. The Bertz CT molecular complexity index is 1360. The molecule has 2 aromatic heterocycles. The molecule has 6 heteroatoms. The molecule has 1 fully saturated rings. The van der Waals surface area contributed by atoms with E-state index in [0.717, 1.165) is 55.1 Å². The number of carbonyl (C=O) groups excluding carboxylic acids is 1. The van der Waals surface area contributed by atoms with E-state index in [1.54, 1.807) is 11.6 Å². The molecule has 0 saturated carbocycles. The van der Waals surface area contributed by atoms with E-state index < -0.39 is 0 Å². The molecule has 0 radical (unpaired) electrons. The molecule has 2 aromatic carbocycles. The van der Waals surface area contributed by atoms with Gasteiger partial charge in [0.25, 0.3) is 5.91 Å². The van der Waals surface area contributed by atoms with Crippen LogP contribution in [0.1, 0.15) is 55.4 Å². The van der Waals surface area contributed by atoms with E-state index in [9.17, 15) is 4.79 Å². The Balaban J connectivity index is 1.45. The van der Waals surface area contributed by atoms with Crippen molar-refractivity contribution in [2.45, 2.75) is 45.4 Å². The number of rotatable bonds is 5. The summed E-state index contributed by atoms with van der Waals surface area (Å²) in [6.07, 6.45) is 3.07. The Morgan fingerprint density at radius 2 is 1.75 bits per heavy atom. The standard InChI is InChI=1S/C30H34N4O2/c1-30(2,3)27-20-28-31-25(23-11-8-12-24(18-23)36-4)19-26(34(28)32-27)29(35)33-15-13-22(14-16-33)17-21-9-6-5-7-10-21/h5-12,18-20,22H,13-17H2,1-4H3. The van der Waals surface area contributed by atoms with E-state index in [0.29, 0.717) is 17.3 Å². The lowest BCUT2D eigenvalue weighted by atomic mass is 9.90. The molecule has 0 N–H and O–H groups in total. The fraction of sp³-hybridized carbons (Fsp3) is 0.367. The molecule has 1 aliphatic rings. The molecule has 0 unspecified atom stereocenters. The van der Waals surface area contributed by atoms with Gasteiger partial charge in [0, 0.05) is 30.1 Å². The van der Waals surface area contributed by atoms with Crippen LogP contribution in [0.4, 0.5) is 0 Å². The molecule has 36 heavy (non-hydrogen) atoms. The van der Waals surface area contributed by atoms with Crippen molar-refractivity contribution in [2.24, 2.45) is 5.92 Å². The van der Waals surface area contributed by atoms with Crippen LogP contribution in [0.15, 0.2) is 66.7 Å². The molecule has 1 saturated heterocycles. The minimum Gasteiger partial charge on any atom is -0.497 e. The number of likely N-dealkylation sites (tertiary alicyclic amines) is 1. The van der Waals surface area contributed by atoms with Crippen LogP contribution in [0, 0.1) is 5.92 Å². The van der Waals surface area contributed by atoms with Gasteiger partial charge < -0.3 is 9.64 Å².